The number of Topliss-reactive ketones (excluding diaryl/α,β-unsaturated/α-hetero) is 1. The number of ether oxygens (including phenoxy) is 2. The number of halogens is 3. The Morgan fingerprint density at radius 2 is 1.71 bits per heavy atom. The van der Waals surface area contributed by atoms with E-state index in [1.165, 1.54) is 43.4 Å². The highest BCUT2D eigenvalue weighted by atomic mass is 35.5. The zero-order chi connectivity index (χ0) is 24.6. The van der Waals surface area contributed by atoms with Gasteiger partial charge >= 0.3 is 0 Å². The maximum atomic E-state index is 15.0. The number of carbonyl (C=O) groups is 2. The van der Waals surface area contributed by atoms with Crippen molar-refractivity contribution in [2.24, 2.45) is 0 Å². The van der Waals surface area contributed by atoms with E-state index in [4.69, 9.17) is 32.7 Å². The van der Waals surface area contributed by atoms with E-state index < -0.39 is 29.3 Å². The third-order valence-electron chi connectivity index (χ3n) is 6.44. The number of hydrogen-bond donors (Lipinski definition) is 1. The van der Waals surface area contributed by atoms with E-state index in [1.54, 1.807) is 6.07 Å². The summed E-state index contributed by atoms with van der Waals surface area (Å²) in [5.41, 5.74) is -0.115. The summed E-state index contributed by atoms with van der Waals surface area (Å²) in [4.78, 5) is 28.0. The zero-order valence-corrected chi connectivity index (χ0v) is 20.3. The van der Waals surface area contributed by atoms with Crippen LogP contribution in [0, 0.1) is 5.82 Å². The molecule has 2 aliphatic rings. The Kier molecular flexibility index (Phi) is 7.05. The molecule has 1 N–H and O–H groups in total. The SMILES string of the molecule is COc1c(Cl)cc(/C(O)=C2\C(=O)C(=O)N(C3CCCCC3)C2c2ccccc2F)c(OC)c1Cl. The molecule has 1 unspecified atom stereocenters. The first-order valence-corrected chi connectivity index (χ1v) is 11.7. The first-order chi connectivity index (χ1) is 16.3. The molecule has 1 amide bonds. The van der Waals surface area contributed by atoms with E-state index in [0.29, 0.717) is 12.8 Å². The lowest BCUT2D eigenvalue weighted by molar-refractivity contribution is -0.141. The molecule has 6 nitrogen and oxygen atoms in total. The molecule has 1 atom stereocenters. The van der Waals surface area contributed by atoms with Crippen LogP contribution in [0.4, 0.5) is 4.39 Å². The molecule has 34 heavy (non-hydrogen) atoms. The minimum Gasteiger partial charge on any atom is -0.507 e. The van der Waals surface area contributed by atoms with Crippen molar-refractivity contribution in [3.05, 3.63) is 62.9 Å². The number of carbonyl (C=O) groups excluding carboxylic acids is 2. The average molecular weight is 508 g/mol. The quantitative estimate of drug-likeness (QED) is 0.309. The summed E-state index contributed by atoms with van der Waals surface area (Å²) in [6.07, 6.45) is 4.22. The number of ketones is 1. The highest BCUT2D eigenvalue weighted by Crippen LogP contribution is 2.48. The third-order valence-corrected chi connectivity index (χ3v) is 7.07. The van der Waals surface area contributed by atoms with Crippen LogP contribution in [0.2, 0.25) is 10.0 Å². The molecule has 2 fully saturated rings. The van der Waals surface area contributed by atoms with Crippen LogP contribution in [0.25, 0.3) is 5.76 Å². The number of nitrogens with zero attached hydrogens (tertiary/aromatic N) is 1. The number of amides is 1. The molecule has 4 rings (SSSR count). The monoisotopic (exact) mass is 507 g/mol. The van der Waals surface area contributed by atoms with Crippen LogP contribution in [-0.2, 0) is 9.59 Å². The fourth-order valence-electron chi connectivity index (χ4n) is 4.88. The van der Waals surface area contributed by atoms with Crippen molar-refractivity contribution in [3.63, 3.8) is 0 Å². The van der Waals surface area contributed by atoms with Gasteiger partial charge in [-0.2, -0.15) is 0 Å². The Hall–Kier alpha value is -2.77. The molecule has 2 aromatic rings. The van der Waals surface area contributed by atoms with Crippen molar-refractivity contribution in [2.75, 3.05) is 14.2 Å². The largest absolute Gasteiger partial charge is 0.507 e. The molecule has 0 spiro atoms. The average Bonchev–Trinajstić information content (AvgIpc) is 3.09. The molecule has 1 heterocycles. The van der Waals surface area contributed by atoms with E-state index >= 15 is 4.39 Å². The van der Waals surface area contributed by atoms with Crippen LogP contribution in [0.15, 0.2) is 35.9 Å². The standard InChI is InChI=1S/C25H24Cl2FNO5/c1-33-23-15(12-16(26)24(34-2)19(23)27)21(30)18-20(14-10-6-7-11-17(14)28)29(25(32)22(18)31)13-8-4-3-5-9-13/h6-7,10-13,20,30H,3-5,8-9H2,1-2H3/b21-18+. The van der Waals surface area contributed by atoms with Crippen LogP contribution in [0.5, 0.6) is 11.5 Å². The van der Waals surface area contributed by atoms with Crippen molar-refractivity contribution < 1.29 is 28.6 Å². The predicted octanol–water partition coefficient (Wildman–Crippen LogP) is 5.90. The summed E-state index contributed by atoms with van der Waals surface area (Å²) in [5.74, 6) is -2.67. The van der Waals surface area contributed by atoms with Crippen molar-refractivity contribution in [3.8, 4) is 11.5 Å². The van der Waals surface area contributed by atoms with Crippen molar-refractivity contribution >= 4 is 40.7 Å². The van der Waals surface area contributed by atoms with Crippen LogP contribution >= 0.6 is 23.2 Å². The smallest absolute Gasteiger partial charge is 0.295 e. The van der Waals surface area contributed by atoms with Crippen molar-refractivity contribution in [2.45, 2.75) is 44.2 Å². The number of aliphatic hydroxyl groups excluding tert-OH is 1. The lowest BCUT2D eigenvalue weighted by Crippen LogP contribution is -2.40. The van der Waals surface area contributed by atoms with Crippen LogP contribution in [0.1, 0.15) is 49.3 Å². The van der Waals surface area contributed by atoms with Gasteiger partial charge in [0.2, 0.25) is 0 Å². The summed E-state index contributed by atoms with van der Waals surface area (Å²) in [6, 6.07) is 5.92. The van der Waals surface area contributed by atoms with Gasteiger partial charge in [0.15, 0.2) is 11.5 Å². The van der Waals surface area contributed by atoms with Crippen molar-refractivity contribution in [1.82, 2.24) is 4.90 Å². The molecule has 1 aliphatic heterocycles. The summed E-state index contributed by atoms with van der Waals surface area (Å²) in [6.45, 7) is 0. The Balaban J connectivity index is 1.97. The predicted molar refractivity (Wildman–Crippen MR) is 127 cm³/mol. The van der Waals surface area contributed by atoms with Gasteiger partial charge in [0.05, 0.1) is 36.4 Å². The molecular formula is C25H24Cl2FNO5. The van der Waals surface area contributed by atoms with E-state index in [2.05, 4.69) is 0 Å². The van der Waals surface area contributed by atoms with Gasteiger partial charge in [0.1, 0.15) is 16.6 Å². The maximum Gasteiger partial charge on any atom is 0.295 e. The molecule has 9 heteroatoms. The van der Waals surface area contributed by atoms with Gasteiger partial charge in [0, 0.05) is 11.6 Å². The number of likely N-dealkylation sites (tertiary alicyclic amines) is 1. The number of benzene rings is 2. The highest BCUT2D eigenvalue weighted by molar-refractivity contribution is 6.47. The van der Waals surface area contributed by atoms with Gasteiger partial charge in [-0.25, -0.2) is 4.39 Å². The summed E-state index contributed by atoms with van der Waals surface area (Å²) in [5, 5.41) is 11.4. The first-order valence-electron chi connectivity index (χ1n) is 11.0. The molecule has 1 saturated carbocycles. The molecule has 2 aromatic carbocycles. The van der Waals surface area contributed by atoms with Gasteiger partial charge in [0.25, 0.3) is 11.7 Å². The zero-order valence-electron chi connectivity index (χ0n) is 18.7. The van der Waals surface area contributed by atoms with E-state index in [9.17, 15) is 14.7 Å². The van der Waals surface area contributed by atoms with E-state index in [1.807, 2.05) is 0 Å². The van der Waals surface area contributed by atoms with Gasteiger partial charge in [-0.1, -0.05) is 60.7 Å². The van der Waals surface area contributed by atoms with Crippen molar-refractivity contribution in [1.29, 1.82) is 0 Å². The summed E-state index contributed by atoms with van der Waals surface area (Å²) in [7, 11) is 2.71. The van der Waals surface area contributed by atoms with Gasteiger partial charge < -0.3 is 19.5 Å². The van der Waals surface area contributed by atoms with Crippen LogP contribution < -0.4 is 9.47 Å². The van der Waals surface area contributed by atoms with E-state index in [-0.39, 0.29) is 44.3 Å². The number of hydrogen-bond acceptors (Lipinski definition) is 5. The topological polar surface area (TPSA) is 76.1 Å². The second-order valence-electron chi connectivity index (χ2n) is 8.31. The summed E-state index contributed by atoms with van der Waals surface area (Å²) < 4.78 is 25.6. The molecule has 1 saturated heterocycles. The third kappa shape index (κ3) is 4.01. The summed E-state index contributed by atoms with van der Waals surface area (Å²) >= 11 is 12.7. The number of aliphatic hydroxyl groups is 1. The first kappa shape index (κ1) is 24.4. The fraction of sp³-hybridized carbons (Fsp3) is 0.360. The van der Waals surface area contributed by atoms with Crippen LogP contribution in [-0.4, -0.2) is 42.0 Å². The lowest BCUT2D eigenvalue weighted by atomic mass is 9.90. The normalized spacial score (nSPS) is 20.6. The molecule has 0 radical (unpaired) electrons. The van der Waals surface area contributed by atoms with E-state index in [0.717, 1.165) is 19.3 Å². The minimum atomic E-state index is -1.10. The Bertz CT molecular complexity index is 1180. The van der Waals surface area contributed by atoms with Gasteiger partial charge in [-0.15, -0.1) is 0 Å². The molecule has 0 bridgehead atoms. The second kappa shape index (κ2) is 9.84. The Morgan fingerprint density at radius 3 is 2.32 bits per heavy atom. The molecule has 180 valence electrons. The fourth-order valence-corrected chi connectivity index (χ4v) is 5.57. The lowest BCUT2D eigenvalue weighted by Gasteiger charge is -2.35. The maximum absolute atomic E-state index is 15.0. The Labute approximate surface area is 206 Å². The van der Waals surface area contributed by atoms with Gasteiger partial charge in [-0.3, -0.25) is 9.59 Å². The molecular weight excluding hydrogens is 484 g/mol. The number of methoxy groups -OCH3 is 2. The molecule has 1 aliphatic carbocycles. The Morgan fingerprint density at radius 1 is 1.06 bits per heavy atom. The second-order valence-corrected chi connectivity index (χ2v) is 9.09. The van der Waals surface area contributed by atoms with Gasteiger partial charge in [-0.05, 0) is 25.0 Å². The minimum absolute atomic E-state index is 0.00119. The number of rotatable bonds is 5. The highest BCUT2D eigenvalue weighted by Gasteiger charge is 2.50. The van der Waals surface area contributed by atoms with Crippen LogP contribution in [0.3, 0.4) is 0 Å². The molecule has 0 aromatic heterocycles.